The molecule has 0 atom stereocenters. The molecule has 0 radical (unpaired) electrons. The summed E-state index contributed by atoms with van der Waals surface area (Å²) in [6.07, 6.45) is 0. The smallest absolute Gasteiger partial charge is 0.299 e. The Labute approximate surface area is 115 Å². The van der Waals surface area contributed by atoms with Gasteiger partial charge in [-0.2, -0.15) is 0 Å². The highest BCUT2D eigenvalue weighted by Crippen LogP contribution is 2.15. The van der Waals surface area contributed by atoms with Crippen molar-refractivity contribution in [1.29, 1.82) is 0 Å². The van der Waals surface area contributed by atoms with Gasteiger partial charge in [-0.05, 0) is 16.1 Å². The van der Waals surface area contributed by atoms with E-state index in [1.165, 1.54) is 5.69 Å². The summed E-state index contributed by atoms with van der Waals surface area (Å²) in [6.45, 7) is 3.25. The summed E-state index contributed by atoms with van der Waals surface area (Å²) >= 11 is 1.89. The first-order valence-corrected chi connectivity index (χ1v) is 6.59. The van der Waals surface area contributed by atoms with Crippen molar-refractivity contribution >= 4 is 34.2 Å². The molecule has 0 spiro atoms. The highest BCUT2D eigenvalue weighted by molar-refractivity contribution is 14.1. The first-order chi connectivity index (χ1) is 8.31. The van der Waals surface area contributed by atoms with Crippen LogP contribution in [0.25, 0.3) is 0 Å². The van der Waals surface area contributed by atoms with Gasteiger partial charge in [0, 0.05) is 60.4 Å². The Morgan fingerprint density at radius 1 is 1.12 bits per heavy atom. The summed E-state index contributed by atoms with van der Waals surface area (Å²) in [4.78, 5) is 15.7. The third-order valence-electron chi connectivity index (χ3n) is 2.84. The topological polar surface area (TPSA) is 23.6 Å². The van der Waals surface area contributed by atoms with Crippen LogP contribution in [0.1, 0.15) is 0 Å². The van der Waals surface area contributed by atoms with E-state index in [0.29, 0.717) is 0 Å². The number of piperazine rings is 1. The summed E-state index contributed by atoms with van der Waals surface area (Å²) in [6, 6.07) is 10.3. The van der Waals surface area contributed by atoms with E-state index in [-0.39, 0.29) is 5.91 Å². The standard InChI is InChI=1S/C13H13IN2O/c14-7-6-13(17)16-10-8-15(9-11-16)12-4-2-1-3-5-12/h1-5H,8-11H2. The minimum atomic E-state index is -0.0629. The average Bonchev–Trinajstić information content (AvgIpc) is 2.40. The Hall–Kier alpha value is -1.22. The third kappa shape index (κ3) is 3.13. The number of amides is 1. The number of rotatable bonds is 1. The van der Waals surface area contributed by atoms with Crippen LogP contribution in [0.5, 0.6) is 0 Å². The highest BCUT2D eigenvalue weighted by atomic mass is 127. The Bertz CT molecular complexity index is 441. The molecular weight excluding hydrogens is 327 g/mol. The summed E-state index contributed by atoms with van der Waals surface area (Å²) in [7, 11) is 0. The molecular formula is C13H13IN2O. The molecule has 0 aliphatic carbocycles. The lowest BCUT2D eigenvalue weighted by atomic mass is 10.2. The molecule has 1 aromatic rings. The van der Waals surface area contributed by atoms with Crippen LogP contribution in [0.15, 0.2) is 30.3 Å². The number of carbonyl (C=O) groups excluding carboxylic acids is 1. The average molecular weight is 340 g/mol. The maximum Gasteiger partial charge on any atom is 0.299 e. The first-order valence-electron chi connectivity index (χ1n) is 5.52. The van der Waals surface area contributed by atoms with Gasteiger partial charge in [0.15, 0.2) is 0 Å². The van der Waals surface area contributed by atoms with E-state index >= 15 is 0 Å². The van der Waals surface area contributed by atoms with Crippen LogP contribution < -0.4 is 4.90 Å². The van der Waals surface area contributed by atoms with E-state index in [1.54, 1.807) is 0 Å². The molecule has 0 aromatic heterocycles. The number of halogens is 1. The molecule has 2 rings (SSSR count). The molecule has 1 saturated heterocycles. The van der Waals surface area contributed by atoms with Gasteiger partial charge in [0.05, 0.1) is 0 Å². The zero-order chi connectivity index (χ0) is 12.1. The van der Waals surface area contributed by atoms with Gasteiger partial charge in [-0.3, -0.25) is 4.79 Å². The molecule has 4 heteroatoms. The molecule has 1 amide bonds. The second kappa shape index (κ2) is 5.92. The summed E-state index contributed by atoms with van der Waals surface area (Å²) < 4.78 is 2.62. The minimum absolute atomic E-state index is 0.0629. The van der Waals surface area contributed by atoms with E-state index < -0.39 is 0 Å². The molecule has 3 nitrogen and oxygen atoms in total. The monoisotopic (exact) mass is 340 g/mol. The van der Waals surface area contributed by atoms with E-state index in [9.17, 15) is 4.79 Å². The van der Waals surface area contributed by atoms with Crippen molar-refractivity contribution < 1.29 is 4.79 Å². The molecule has 1 fully saturated rings. The maximum atomic E-state index is 11.6. The number of hydrogen-bond acceptors (Lipinski definition) is 2. The molecule has 0 saturated carbocycles. The summed E-state index contributed by atoms with van der Waals surface area (Å²) in [5, 5.41) is 0. The van der Waals surface area contributed by atoms with Crippen molar-refractivity contribution in [3.05, 3.63) is 30.3 Å². The number of nitrogens with zero attached hydrogens (tertiary/aromatic N) is 2. The van der Waals surface area contributed by atoms with Crippen molar-refractivity contribution in [2.45, 2.75) is 0 Å². The Morgan fingerprint density at radius 3 is 2.35 bits per heavy atom. The predicted molar refractivity (Wildman–Crippen MR) is 77.0 cm³/mol. The molecule has 1 aliphatic heterocycles. The lowest BCUT2D eigenvalue weighted by Crippen LogP contribution is -2.48. The largest absolute Gasteiger partial charge is 0.368 e. The van der Waals surface area contributed by atoms with Crippen molar-refractivity contribution in [3.63, 3.8) is 0 Å². The number of benzene rings is 1. The number of carbonyl (C=O) groups is 1. The van der Waals surface area contributed by atoms with E-state index in [0.717, 1.165) is 26.2 Å². The van der Waals surface area contributed by atoms with Crippen molar-refractivity contribution in [1.82, 2.24) is 4.90 Å². The molecule has 1 aromatic carbocycles. The van der Waals surface area contributed by atoms with Gasteiger partial charge in [0.25, 0.3) is 5.91 Å². The van der Waals surface area contributed by atoms with E-state index in [2.05, 4.69) is 26.9 Å². The fourth-order valence-electron chi connectivity index (χ4n) is 1.93. The van der Waals surface area contributed by atoms with Gasteiger partial charge in [0.2, 0.25) is 0 Å². The number of hydrogen-bond donors (Lipinski definition) is 0. The van der Waals surface area contributed by atoms with Gasteiger partial charge in [-0.25, -0.2) is 0 Å². The predicted octanol–water partition coefficient (Wildman–Crippen LogP) is 1.73. The van der Waals surface area contributed by atoms with Crippen molar-refractivity contribution in [3.8, 4) is 9.85 Å². The van der Waals surface area contributed by atoms with Crippen molar-refractivity contribution in [2.24, 2.45) is 0 Å². The van der Waals surface area contributed by atoms with Crippen LogP contribution in [0, 0.1) is 9.85 Å². The molecule has 88 valence electrons. The highest BCUT2D eigenvalue weighted by Gasteiger charge is 2.19. The van der Waals surface area contributed by atoms with Gasteiger partial charge in [0.1, 0.15) is 0 Å². The second-order valence-corrected chi connectivity index (χ2v) is 4.37. The van der Waals surface area contributed by atoms with Crippen LogP contribution in [0.4, 0.5) is 5.69 Å². The molecule has 0 N–H and O–H groups in total. The minimum Gasteiger partial charge on any atom is -0.368 e. The molecule has 0 unspecified atom stereocenters. The number of para-hydroxylation sites is 1. The van der Waals surface area contributed by atoms with Crippen molar-refractivity contribution in [2.75, 3.05) is 31.1 Å². The summed E-state index contributed by atoms with van der Waals surface area (Å²) in [5.74, 6) is 2.51. The Morgan fingerprint density at radius 2 is 1.76 bits per heavy atom. The molecule has 1 heterocycles. The van der Waals surface area contributed by atoms with E-state index in [4.69, 9.17) is 0 Å². The molecule has 0 bridgehead atoms. The fraction of sp³-hybridized carbons (Fsp3) is 0.308. The second-order valence-electron chi connectivity index (χ2n) is 3.83. The Balaban J connectivity index is 1.94. The van der Waals surface area contributed by atoms with Crippen LogP contribution in [-0.4, -0.2) is 37.0 Å². The third-order valence-corrected chi connectivity index (χ3v) is 3.11. The number of anilines is 1. The van der Waals surface area contributed by atoms with Crippen LogP contribution in [-0.2, 0) is 4.79 Å². The van der Waals surface area contributed by atoms with E-state index in [1.807, 2.05) is 45.7 Å². The van der Waals surface area contributed by atoms with Crippen LogP contribution in [0.3, 0.4) is 0 Å². The van der Waals surface area contributed by atoms with Crippen LogP contribution in [0.2, 0.25) is 0 Å². The van der Waals surface area contributed by atoms with Gasteiger partial charge >= 0.3 is 0 Å². The fourth-order valence-corrected chi connectivity index (χ4v) is 2.16. The van der Waals surface area contributed by atoms with Gasteiger partial charge in [-0.1, -0.05) is 18.2 Å². The normalized spacial score (nSPS) is 15.1. The molecule has 1 aliphatic rings. The van der Waals surface area contributed by atoms with Gasteiger partial charge in [-0.15, -0.1) is 0 Å². The first kappa shape index (κ1) is 12.2. The Kier molecular flexibility index (Phi) is 4.26. The zero-order valence-corrected chi connectivity index (χ0v) is 11.6. The van der Waals surface area contributed by atoms with Crippen LogP contribution >= 0.6 is 22.6 Å². The summed E-state index contributed by atoms with van der Waals surface area (Å²) in [5.41, 5.74) is 1.22. The maximum absolute atomic E-state index is 11.6. The SMILES string of the molecule is O=C(C#CI)N1CCN(c2ccccc2)CC1. The lowest BCUT2D eigenvalue weighted by molar-refractivity contribution is -0.125. The molecule has 17 heavy (non-hydrogen) atoms. The van der Waals surface area contributed by atoms with Gasteiger partial charge < -0.3 is 9.80 Å². The zero-order valence-electron chi connectivity index (χ0n) is 9.40. The quantitative estimate of drug-likeness (QED) is 0.574. The lowest BCUT2D eigenvalue weighted by Gasteiger charge is -2.35.